The highest BCUT2D eigenvalue weighted by Gasteiger charge is 2.29. The number of sulfonamides is 2. The van der Waals surface area contributed by atoms with E-state index in [0.717, 1.165) is 12.1 Å². The fourth-order valence-electron chi connectivity index (χ4n) is 1.50. The third kappa shape index (κ3) is 3.54. The molecule has 0 aliphatic carbocycles. The van der Waals surface area contributed by atoms with Gasteiger partial charge in [0, 0.05) is 0 Å². The first-order valence-corrected chi connectivity index (χ1v) is 9.23. The van der Waals surface area contributed by atoms with Crippen molar-refractivity contribution in [2.24, 2.45) is 0 Å². The molecular weight excluding hydrogens is 353 g/mol. The maximum Gasteiger partial charge on any atom is 0.338 e. The molecule has 20 heavy (non-hydrogen) atoms. The number of hydrogen-bond acceptors (Lipinski definition) is 5. The van der Waals surface area contributed by atoms with Gasteiger partial charge < -0.3 is 5.11 Å². The molecule has 0 radical (unpaired) electrons. The van der Waals surface area contributed by atoms with Crippen molar-refractivity contribution in [3.8, 4) is 0 Å². The monoisotopic (exact) mass is 361 g/mol. The Morgan fingerprint density at radius 1 is 1.05 bits per heavy atom. The molecule has 0 unspecified atom stereocenters. The van der Waals surface area contributed by atoms with Gasteiger partial charge in [-0.2, -0.15) is 3.71 Å². The van der Waals surface area contributed by atoms with Crippen LogP contribution in [0.1, 0.15) is 10.4 Å². The third-order valence-corrected chi connectivity index (χ3v) is 5.90. The zero-order valence-corrected chi connectivity index (χ0v) is 13.3. The first-order chi connectivity index (χ1) is 8.85. The van der Waals surface area contributed by atoms with Crippen molar-refractivity contribution >= 4 is 54.9 Å². The van der Waals surface area contributed by atoms with Crippen LogP contribution in [0.5, 0.6) is 0 Å². The Bertz CT molecular complexity index is 717. The molecule has 1 N–H and O–H groups in total. The molecule has 0 aliphatic heterocycles. The Labute approximate surface area is 125 Å². The van der Waals surface area contributed by atoms with Gasteiger partial charge in [0.15, 0.2) is 0 Å². The summed E-state index contributed by atoms with van der Waals surface area (Å²) >= 11 is 11.4. The average Bonchev–Trinajstić information content (AvgIpc) is 2.09. The summed E-state index contributed by atoms with van der Waals surface area (Å²) in [5.41, 5.74) is -0.811. The quantitative estimate of drug-likeness (QED) is 0.868. The minimum atomic E-state index is -4.16. The summed E-state index contributed by atoms with van der Waals surface area (Å²) in [4.78, 5) is 10.9. The van der Waals surface area contributed by atoms with Crippen LogP contribution in [-0.4, -0.2) is 40.4 Å². The molecule has 0 bridgehead atoms. The molecule has 0 aromatic heterocycles. The Morgan fingerprint density at radius 3 is 1.65 bits per heavy atom. The molecule has 0 spiro atoms. The maximum absolute atomic E-state index is 11.6. The zero-order chi connectivity index (χ0) is 15.9. The van der Waals surface area contributed by atoms with E-state index in [0.29, 0.717) is 12.5 Å². The highest BCUT2D eigenvalue weighted by molar-refractivity contribution is 8.09. The Balaban J connectivity index is 3.66. The predicted octanol–water partition coefficient (Wildman–Crippen LogP) is 1.42. The van der Waals surface area contributed by atoms with E-state index in [1.807, 2.05) is 0 Å². The SMILES string of the molecule is CS(=O)(=O)N(c1cc(Cl)c(C(=O)O)c(Cl)c1)S(C)(=O)=O. The first-order valence-electron chi connectivity index (χ1n) is 4.78. The number of nitrogens with zero attached hydrogens (tertiary/aromatic N) is 1. The van der Waals surface area contributed by atoms with E-state index in [1.54, 1.807) is 0 Å². The molecule has 0 aliphatic rings. The molecule has 0 fully saturated rings. The number of carboxylic acid groups (broad SMARTS) is 1. The van der Waals surface area contributed by atoms with E-state index in [-0.39, 0.29) is 19.4 Å². The summed E-state index contributed by atoms with van der Waals surface area (Å²) in [6, 6.07) is 1.80. The van der Waals surface area contributed by atoms with Crippen LogP contribution < -0.4 is 3.71 Å². The van der Waals surface area contributed by atoms with Gasteiger partial charge in [0.25, 0.3) is 0 Å². The molecule has 1 aromatic carbocycles. The highest BCUT2D eigenvalue weighted by atomic mass is 35.5. The van der Waals surface area contributed by atoms with Gasteiger partial charge in [-0.3, -0.25) is 0 Å². The number of carbonyl (C=O) groups is 1. The van der Waals surface area contributed by atoms with Crippen LogP contribution in [-0.2, 0) is 20.0 Å². The van der Waals surface area contributed by atoms with Gasteiger partial charge in [0.2, 0.25) is 20.0 Å². The van der Waals surface area contributed by atoms with Gasteiger partial charge in [0.05, 0.1) is 33.8 Å². The van der Waals surface area contributed by atoms with Crippen LogP contribution in [0.15, 0.2) is 12.1 Å². The van der Waals surface area contributed by atoms with Crippen molar-refractivity contribution in [1.82, 2.24) is 0 Å². The topological polar surface area (TPSA) is 109 Å². The van der Waals surface area contributed by atoms with Crippen LogP contribution in [0.3, 0.4) is 0 Å². The van der Waals surface area contributed by atoms with Crippen molar-refractivity contribution in [2.75, 3.05) is 16.2 Å². The molecule has 1 rings (SSSR count). The van der Waals surface area contributed by atoms with Crippen LogP contribution in [0, 0.1) is 0 Å². The molecule has 7 nitrogen and oxygen atoms in total. The summed E-state index contributed by atoms with van der Waals surface area (Å²) in [5.74, 6) is -1.42. The van der Waals surface area contributed by atoms with E-state index in [2.05, 4.69) is 0 Å². The van der Waals surface area contributed by atoms with E-state index in [9.17, 15) is 21.6 Å². The van der Waals surface area contributed by atoms with Crippen molar-refractivity contribution < 1.29 is 26.7 Å². The van der Waals surface area contributed by atoms with Crippen molar-refractivity contribution in [1.29, 1.82) is 0 Å². The van der Waals surface area contributed by atoms with Crippen LogP contribution in [0.25, 0.3) is 0 Å². The molecule has 112 valence electrons. The third-order valence-electron chi connectivity index (χ3n) is 2.05. The van der Waals surface area contributed by atoms with Crippen LogP contribution in [0.2, 0.25) is 10.0 Å². The molecule has 11 heteroatoms. The fraction of sp³-hybridized carbons (Fsp3) is 0.222. The van der Waals surface area contributed by atoms with Gasteiger partial charge in [-0.25, -0.2) is 21.6 Å². The summed E-state index contributed by atoms with van der Waals surface area (Å²) < 4.78 is 46.4. The van der Waals surface area contributed by atoms with Gasteiger partial charge in [-0.1, -0.05) is 23.2 Å². The predicted molar refractivity (Wildman–Crippen MR) is 75.6 cm³/mol. The lowest BCUT2D eigenvalue weighted by atomic mass is 10.2. The van der Waals surface area contributed by atoms with Gasteiger partial charge in [0.1, 0.15) is 0 Å². The fourth-order valence-corrected chi connectivity index (χ4v) is 5.08. The number of benzene rings is 1. The van der Waals surface area contributed by atoms with Crippen molar-refractivity contribution in [3.05, 3.63) is 27.7 Å². The Hall–Kier alpha value is -1.03. The normalized spacial score (nSPS) is 12.2. The lowest BCUT2D eigenvalue weighted by Crippen LogP contribution is -2.35. The van der Waals surface area contributed by atoms with Crippen molar-refractivity contribution in [2.45, 2.75) is 0 Å². The highest BCUT2D eigenvalue weighted by Crippen LogP contribution is 2.32. The summed E-state index contributed by atoms with van der Waals surface area (Å²) in [6.07, 6.45) is 1.36. The number of hydrogen-bond donors (Lipinski definition) is 1. The number of rotatable bonds is 4. The van der Waals surface area contributed by atoms with Crippen LogP contribution >= 0.6 is 23.2 Å². The molecular formula is C9H9Cl2NO6S2. The summed E-state index contributed by atoms with van der Waals surface area (Å²) in [7, 11) is -8.32. The van der Waals surface area contributed by atoms with Gasteiger partial charge >= 0.3 is 5.97 Å². The number of anilines is 1. The minimum absolute atomic E-state index is 0.114. The molecule has 0 heterocycles. The van der Waals surface area contributed by atoms with Crippen molar-refractivity contribution in [3.63, 3.8) is 0 Å². The van der Waals surface area contributed by atoms with E-state index < -0.39 is 31.6 Å². The Morgan fingerprint density at radius 2 is 1.40 bits per heavy atom. The minimum Gasteiger partial charge on any atom is -0.478 e. The molecule has 1 aromatic rings. The largest absolute Gasteiger partial charge is 0.478 e. The second kappa shape index (κ2) is 5.40. The smallest absolute Gasteiger partial charge is 0.338 e. The second-order valence-electron chi connectivity index (χ2n) is 3.81. The lowest BCUT2D eigenvalue weighted by molar-refractivity contribution is 0.0697. The second-order valence-corrected chi connectivity index (χ2v) is 8.52. The molecule has 0 amide bonds. The first kappa shape index (κ1) is 17.0. The average molecular weight is 362 g/mol. The summed E-state index contributed by atoms with van der Waals surface area (Å²) in [6.45, 7) is 0. The zero-order valence-electron chi connectivity index (χ0n) is 10.2. The standard InChI is InChI=1S/C9H9Cl2NO6S2/c1-19(15,16)12(20(2,17)18)5-3-6(10)8(9(13)14)7(11)4-5/h3-4H,1-2H3,(H,13,14). The number of aromatic carboxylic acids is 1. The summed E-state index contributed by atoms with van der Waals surface area (Å²) in [5, 5.41) is 8.12. The maximum atomic E-state index is 11.6. The van der Waals surface area contributed by atoms with E-state index >= 15 is 0 Å². The van der Waals surface area contributed by atoms with Crippen LogP contribution in [0.4, 0.5) is 5.69 Å². The Kier molecular flexibility index (Phi) is 4.59. The molecule has 0 atom stereocenters. The number of halogens is 2. The molecule has 0 saturated heterocycles. The van der Waals surface area contributed by atoms with E-state index in [4.69, 9.17) is 28.3 Å². The van der Waals surface area contributed by atoms with E-state index in [1.165, 1.54) is 0 Å². The number of carboxylic acids is 1. The van der Waals surface area contributed by atoms with Gasteiger partial charge in [-0.15, -0.1) is 0 Å². The lowest BCUT2D eigenvalue weighted by Gasteiger charge is -2.20. The molecule has 0 saturated carbocycles. The van der Waals surface area contributed by atoms with Gasteiger partial charge in [-0.05, 0) is 12.1 Å².